The zero-order chi connectivity index (χ0) is 14.5. The van der Waals surface area contributed by atoms with Crippen molar-refractivity contribution in [3.63, 3.8) is 0 Å². The molecular formula is C15H29N3O2. The fraction of sp³-hybridized carbons (Fsp3) is 0.933. The minimum absolute atomic E-state index is 0.00887. The number of amides is 2. The van der Waals surface area contributed by atoms with Gasteiger partial charge in [-0.05, 0) is 52.0 Å². The fourth-order valence-electron chi connectivity index (χ4n) is 3.22. The molecular weight excluding hydrogens is 254 g/mol. The minimum atomic E-state index is -0.347. The normalized spacial score (nSPS) is 28.7. The highest BCUT2D eigenvalue weighted by molar-refractivity contribution is 5.74. The third-order valence-corrected chi connectivity index (χ3v) is 4.51. The molecule has 2 fully saturated rings. The number of aliphatic hydroxyl groups excluding tert-OH is 1. The maximum Gasteiger partial charge on any atom is 0.317 e. The van der Waals surface area contributed by atoms with Crippen LogP contribution in [0.4, 0.5) is 4.79 Å². The number of piperidine rings is 2. The first kappa shape index (κ1) is 15.6. The lowest BCUT2D eigenvalue weighted by Gasteiger charge is -2.36. The number of carbonyl (C=O) groups excluding carboxylic acids is 1. The second-order valence-electron chi connectivity index (χ2n) is 6.53. The highest BCUT2D eigenvalue weighted by Gasteiger charge is 2.25. The summed E-state index contributed by atoms with van der Waals surface area (Å²) in [7, 11) is 0. The van der Waals surface area contributed by atoms with Crippen LogP contribution in [0, 0.1) is 5.92 Å². The molecule has 5 nitrogen and oxygen atoms in total. The van der Waals surface area contributed by atoms with Gasteiger partial charge in [0.05, 0.1) is 6.10 Å². The number of aliphatic hydroxyl groups is 1. The molecule has 0 aliphatic carbocycles. The topological polar surface area (TPSA) is 55.8 Å². The van der Waals surface area contributed by atoms with E-state index >= 15 is 0 Å². The molecule has 0 saturated carbocycles. The first-order chi connectivity index (χ1) is 9.56. The van der Waals surface area contributed by atoms with Crippen LogP contribution >= 0.6 is 0 Å². The number of β-amino-alcohol motifs (C(OH)–C–C–N with tert-alkyl or cyclic N) is 1. The predicted molar refractivity (Wildman–Crippen MR) is 79.6 cm³/mol. The average Bonchev–Trinajstić information content (AvgIpc) is 2.45. The van der Waals surface area contributed by atoms with E-state index in [1.54, 1.807) is 4.90 Å². The second kappa shape index (κ2) is 7.27. The lowest BCUT2D eigenvalue weighted by atomic mass is 9.97. The summed E-state index contributed by atoms with van der Waals surface area (Å²) in [6, 6.07) is 0.580. The van der Waals surface area contributed by atoms with Crippen molar-refractivity contribution in [2.45, 2.75) is 51.7 Å². The summed E-state index contributed by atoms with van der Waals surface area (Å²) in [4.78, 5) is 16.3. The third kappa shape index (κ3) is 4.35. The van der Waals surface area contributed by atoms with E-state index in [0.717, 1.165) is 32.5 Å². The van der Waals surface area contributed by atoms with Crippen LogP contribution in [0.1, 0.15) is 39.5 Å². The molecule has 2 aliphatic rings. The van der Waals surface area contributed by atoms with Gasteiger partial charge in [-0.25, -0.2) is 4.79 Å². The maximum atomic E-state index is 12.1. The molecule has 20 heavy (non-hydrogen) atoms. The molecule has 2 N–H and O–H groups in total. The van der Waals surface area contributed by atoms with Crippen molar-refractivity contribution in [2.24, 2.45) is 5.92 Å². The molecule has 0 aromatic carbocycles. The summed E-state index contributed by atoms with van der Waals surface area (Å²) in [5, 5.41) is 12.7. The van der Waals surface area contributed by atoms with Gasteiger partial charge in [0.15, 0.2) is 0 Å². The van der Waals surface area contributed by atoms with Crippen LogP contribution in [0.2, 0.25) is 0 Å². The number of hydrogen-bond acceptors (Lipinski definition) is 3. The monoisotopic (exact) mass is 283 g/mol. The highest BCUT2D eigenvalue weighted by Crippen LogP contribution is 2.18. The van der Waals surface area contributed by atoms with Gasteiger partial charge in [0.1, 0.15) is 0 Å². The summed E-state index contributed by atoms with van der Waals surface area (Å²) in [6.45, 7) is 8.74. The van der Waals surface area contributed by atoms with Crippen molar-refractivity contribution < 1.29 is 9.90 Å². The van der Waals surface area contributed by atoms with Crippen molar-refractivity contribution in [2.75, 3.05) is 32.7 Å². The number of likely N-dealkylation sites (tertiary alicyclic amines) is 2. The van der Waals surface area contributed by atoms with Gasteiger partial charge in [-0.1, -0.05) is 0 Å². The van der Waals surface area contributed by atoms with E-state index in [1.807, 2.05) is 0 Å². The molecule has 0 radical (unpaired) electrons. The Morgan fingerprint density at radius 1 is 1.25 bits per heavy atom. The molecule has 0 bridgehead atoms. The van der Waals surface area contributed by atoms with Crippen LogP contribution in [-0.4, -0.2) is 65.8 Å². The SMILES string of the molecule is CC(C)N1CCCC(CNC(=O)N2CCCC(O)C2)C1. The van der Waals surface area contributed by atoms with Gasteiger partial charge in [0, 0.05) is 32.2 Å². The Labute approximate surface area is 122 Å². The van der Waals surface area contributed by atoms with E-state index in [-0.39, 0.29) is 12.1 Å². The van der Waals surface area contributed by atoms with Gasteiger partial charge in [-0.2, -0.15) is 0 Å². The van der Waals surface area contributed by atoms with Crippen molar-refractivity contribution in [3.8, 4) is 0 Å². The van der Waals surface area contributed by atoms with Crippen LogP contribution in [0.25, 0.3) is 0 Å². The molecule has 2 aliphatic heterocycles. The van der Waals surface area contributed by atoms with Crippen molar-refractivity contribution >= 4 is 6.03 Å². The molecule has 2 rings (SSSR count). The molecule has 2 unspecified atom stereocenters. The Morgan fingerprint density at radius 3 is 2.70 bits per heavy atom. The molecule has 0 spiro atoms. The van der Waals surface area contributed by atoms with E-state index < -0.39 is 0 Å². The highest BCUT2D eigenvalue weighted by atomic mass is 16.3. The summed E-state index contributed by atoms with van der Waals surface area (Å²) in [6.07, 6.45) is 3.79. The molecule has 0 aromatic heterocycles. The van der Waals surface area contributed by atoms with Crippen molar-refractivity contribution in [3.05, 3.63) is 0 Å². The van der Waals surface area contributed by atoms with E-state index in [0.29, 0.717) is 18.5 Å². The van der Waals surface area contributed by atoms with Gasteiger partial charge >= 0.3 is 6.03 Å². The third-order valence-electron chi connectivity index (χ3n) is 4.51. The lowest BCUT2D eigenvalue weighted by molar-refractivity contribution is 0.0827. The Bertz CT molecular complexity index is 322. The Morgan fingerprint density at radius 2 is 2.00 bits per heavy atom. The molecule has 2 saturated heterocycles. The number of rotatable bonds is 3. The van der Waals surface area contributed by atoms with Gasteiger partial charge in [-0.15, -0.1) is 0 Å². The minimum Gasteiger partial charge on any atom is -0.391 e. The first-order valence-electron chi connectivity index (χ1n) is 8.01. The predicted octanol–water partition coefficient (Wildman–Crippen LogP) is 1.27. The fourth-order valence-corrected chi connectivity index (χ4v) is 3.22. The summed E-state index contributed by atoms with van der Waals surface area (Å²) < 4.78 is 0. The van der Waals surface area contributed by atoms with Crippen LogP contribution in [0.3, 0.4) is 0 Å². The number of urea groups is 1. The van der Waals surface area contributed by atoms with E-state index in [1.165, 1.54) is 19.4 Å². The molecule has 0 aromatic rings. The van der Waals surface area contributed by atoms with E-state index in [4.69, 9.17) is 0 Å². The zero-order valence-corrected chi connectivity index (χ0v) is 12.8. The van der Waals surface area contributed by atoms with Crippen LogP contribution in [0.5, 0.6) is 0 Å². The molecule has 116 valence electrons. The summed E-state index contributed by atoms with van der Waals surface area (Å²) >= 11 is 0. The Hall–Kier alpha value is -0.810. The molecule has 5 heteroatoms. The van der Waals surface area contributed by atoms with Crippen LogP contribution in [0.15, 0.2) is 0 Å². The number of carbonyl (C=O) groups is 1. The average molecular weight is 283 g/mol. The van der Waals surface area contributed by atoms with Gasteiger partial charge in [-0.3, -0.25) is 0 Å². The lowest BCUT2D eigenvalue weighted by Crippen LogP contribution is -2.49. The van der Waals surface area contributed by atoms with E-state index in [9.17, 15) is 9.90 Å². The van der Waals surface area contributed by atoms with Gasteiger partial charge < -0.3 is 20.2 Å². The van der Waals surface area contributed by atoms with Crippen molar-refractivity contribution in [1.82, 2.24) is 15.1 Å². The van der Waals surface area contributed by atoms with Crippen LogP contribution in [-0.2, 0) is 0 Å². The molecule has 2 amide bonds. The van der Waals surface area contributed by atoms with Gasteiger partial charge in [0.25, 0.3) is 0 Å². The maximum absolute atomic E-state index is 12.1. The second-order valence-corrected chi connectivity index (χ2v) is 6.53. The molecule has 2 atom stereocenters. The number of nitrogens with zero attached hydrogens (tertiary/aromatic N) is 2. The van der Waals surface area contributed by atoms with E-state index in [2.05, 4.69) is 24.1 Å². The number of hydrogen-bond donors (Lipinski definition) is 2. The summed E-state index contributed by atoms with van der Waals surface area (Å²) in [5.74, 6) is 0.560. The largest absolute Gasteiger partial charge is 0.391 e. The zero-order valence-electron chi connectivity index (χ0n) is 12.8. The van der Waals surface area contributed by atoms with Crippen LogP contribution < -0.4 is 5.32 Å². The molecule has 2 heterocycles. The first-order valence-corrected chi connectivity index (χ1v) is 8.01. The quantitative estimate of drug-likeness (QED) is 0.820. The standard InChI is InChI=1S/C15H29N3O2/c1-12(2)17-7-3-5-13(10-17)9-16-15(20)18-8-4-6-14(19)11-18/h12-14,19H,3-11H2,1-2H3,(H,16,20). The summed E-state index contributed by atoms with van der Waals surface area (Å²) in [5.41, 5.74) is 0. The Balaban J connectivity index is 1.72. The van der Waals surface area contributed by atoms with Crippen molar-refractivity contribution in [1.29, 1.82) is 0 Å². The number of nitrogens with one attached hydrogen (secondary N) is 1. The van der Waals surface area contributed by atoms with Gasteiger partial charge in [0.2, 0.25) is 0 Å². The smallest absolute Gasteiger partial charge is 0.317 e. The Kier molecular flexibility index (Phi) is 5.66.